The zero-order valence-electron chi connectivity index (χ0n) is 14.6. The highest BCUT2D eigenvalue weighted by atomic mass is 16.4. The summed E-state index contributed by atoms with van der Waals surface area (Å²) in [5.74, 6) is 0.793. The summed E-state index contributed by atoms with van der Waals surface area (Å²) >= 11 is 0. The first-order valence-electron chi connectivity index (χ1n) is 8.45. The van der Waals surface area contributed by atoms with Crippen LogP contribution in [0.2, 0.25) is 0 Å². The van der Waals surface area contributed by atoms with Crippen LogP contribution in [0.25, 0.3) is 22.4 Å². The minimum atomic E-state index is -0.160. The third-order valence-electron chi connectivity index (χ3n) is 4.29. The maximum absolute atomic E-state index is 12.5. The Kier molecular flexibility index (Phi) is 4.01. The number of aromatic nitrogens is 3. The van der Waals surface area contributed by atoms with Gasteiger partial charge in [0.1, 0.15) is 0 Å². The fourth-order valence-corrected chi connectivity index (χ4v) is 2.92. The van der Waals surface area contributed by atoms with Crippen LogP contribution >= 0.6 is 0 Å². The molecule has 6 heteroatoms. The molecule has 2 aromatic heterocycles. The number of benzene rings is 2. The third-order valence-corrected chi connectivity index (χ3v) is 4.29. The van der Waals surface area contributed by atoms with Gasteiger partial charge in [0, 0.05) is 36.5 Å². The quantitative estimate of drug-likeness (QED) is 0.599. The molecule has 0 fully saturated rings. The Hall–Kier alpha value is -3.41. The monoisotopic (exact) mass is 346 g/mol. The van der Waals surface area contributed by atoms with Gasteiger partial charge in [0.2, 0.25) is 11.8 Å². The highest BCUT2D eigenvalue weighted by Gasteiger charge is 2.10. The molecule has 2 heterocycles. The first-order chi connectivity index (χ1) is 12.6. The second-order valence-corrected chi connectivity index (χ2v) is 6.03. The number of fused-ring (bicyclic) bond motifs is 1. The Morgan fingerprint density at radius 2 is 1.92 bits per heavy atom. The van der Waals surface area contributed by atoms with E-state index in [0.29, 0.717) is 17.3 Å². The van der Waals surface area contributed by atoms with Crippen LogP contribution < -0.4 is 5.32 Å². The van der Waals surface area contributed by atoms with Crippen molar-refractivity contribution in [3.8, 4) is 11.5 Å². The van der Waals surface area contributed by atoms with Gasteiger partial charge in [-0.25, -0.2) is 0 Å². The highest BCUT2D eigenvalue weighted by Crippen LogP contribution is 2.22. The summed E-state index contributed by atoms with van der Waals surface area (Å²) in [6, 6.07) is 15.1. The Morgan fingerprint density at radius 1 is 1.12 bits per heavy atom. The third kappa shape index (κ3) is 2.97. The van der Waals surface area contributed by atoms with Crippen molar-refractivity contribution in [3.63, 3.8) is 0 Å². The summed E-state index contributed by atoms with van der Waals surface area (Å²) in [7, 11) is 0. The molecule has 0 aliphatic rings. The van der Waals surface area contributed by atoms with Crippen LogP contribution in [0.5, 0.6) is 0 Å². The molecule has 0 saturated heterocycles. The SMILES string of the molecule is CCn1ccc2ccc(NC(=O)c3ccc(-c4nnc(C)o4)cc3)cc21. The van der Waals surface area contributed by atoms with E-state index in [2.05, 4.69) is 33.1 Å². The number of amides is 1. The lowest BCUT2D eigenvalue weighted by molar-refractivity contribution is 0.102. The van der Waals surface area contributed by atoms with Crippen molar-refractivity contribution in [3.05, 3.63) is 66.2 Å². The predicted molar refractivity (Wildman–Crippen MR) is 100 cm³/mol. The van der Waals surface area contributed by atoms with E-state index >= 15 is 0 Å². The van der Waals surface area contributed by atoms with E-state index in [1.54, 1.807) is 31.2 Å². The van der Waals surface area contributed by atoms with Gasteiger partial charge < -0.3 is 14.3 Å². The fraction of sp³-hybridized carbons (Fsp3) is 0.150. The lowest BCUT2D eigenvalue weighted by Gasteiger charge is -2.07. The van der Waals surface area contributed by atoms with Crippen LogP contribution in [0.4, 0.5) is 5.69 Å². The van der Waals surface area contributed by atoms with Crippen molar-refractivity contribution in [2.24, 2.45) is 0 Å². The molecule has 0 unspecified atom stereocenters. The molecule has 130 valence electrons. The standard InChI is InChI=1S/C20H18N4O2/c1-3-24-11-10-14-8-9-17(12-18(14)24)21-19(25)15-4-6-16(7-5-15)20-23-22-13(2)26-20/h4-12H,3H2,1-2H3,(H,21,25). The maximum atomic E-state index is 12.5. The minimum Gasteiger partial charge on any atom is -0.421 e. The molecule has 0 bridgehead atoms. The van der Waals surface area contributed by atoms with Crippen LogP contribution in [0.1, 0.15) is 23.2 Å². The summed E-state index contributed by atoms with van der Waals surface area (Å²) in [6.45, 7) is 4.72. The topological polar surface area (TPSA) is 73.0 Å². The molecule has 1 amide bonds. The molecule has 2 aromatic carbocycles. The Balaban J connectivity index is 1.54. The summed E-state index contributed by atoms with van der Waals surface area (Å²) < 4.78 is 7.54. The lowest BCUT2D eigenvalue weighted by Crippen LogP contribution is -2.11. The number of rotatable bonds is 4. The largest absolute Gasteiger partial charge is 0.421 e. The number of hydrogen-bond acceptors (Lipinski definition) is 4. The van der Waals surface area contributed by atoms with E-state index in [1.807, 2.05) is 24.4 Å². The van der Waals surface area contributed by atoms with Crippen molar-refractivity contribution in [1.82, 2.24) is 14.8 Å². The van der Waals surface area contributed by atoms with Gasteiger partial charge in [-0.15, -0.1) is 10.2 Å². The smallest absolute Gasteiger partial charge is 0.255 e. The van der Waals surface area contributed by atoms with Crippen molar-refractivity contribution in [2.75, 3.05) is 5.32 Å². The summed E-state index contributed by atoms with van der Waals surface area (Å²) in [5, 5.41) is 11.9. The van der Waals surface area contributed by atoms with Crippen LogP contribution in [0, 0.1) is 6.92 Å². The van der Waals surface area contributed by atoms with E-state index in [9.17, 15) is 4.79 Å². The molecule has 6 nitrogen and oxygen atoms in total. The average molecular weight is 346 g/mol. The normalized spacial score (nSPS) is 11.0. The Labute approximate surface area is 150 Å². The molecular formula is C20H18N4O2. The molecule has 0 spiro atoms. The molecule has 4 aromatic rings. The van der Waals surface area contributed by atoms with Crippen molar-refractivity contribution >= 4 is 22.5 Å². The zero-order valence-corrected chi connectivity index (χ0v) is 14.6. The van der Waals surface area contributed by atoms with Gasteiger partial charge in [0.25, 0.3) is 5.91 Å². The lowest BCUT2D eigenvalue weighted by atomic mass is 10.1. The summed E-state index contributed by atoms with van der Waals surface area (Å²) in [6.07, 6.45) is 2.05. The molecule has 26 heavy (non-hydrogen) atoms. The van der Waals surface area contributed by atoms with E-state index in [4.69, 9.17) is 4.42 Å². The second kappa shape index (κ2) is 6.48. The molecule has 0 radical (unpaired) electrons. The van der Waals surface area contributed by atoms with Gasteiger partial charge >= 0.3 is 0 Å². The predicted octanol–water partition coefficient (Wildman–Crippen LogP) is 4.27. The van der Waals surface area contributed by atoms with E-state index < -0.39 is 0 Å². The van der Waals surface area contributed by atoms with Gasteiger partial charge in [0.05, 0.1) is 5.52 Å². The van der Waals surface area contributed by atoms with Gasteiger partial charge in [0.15, 0.2) is 0 Å². The minimum absolute atomic E-state index is 0.160. The molecular weight excluding hydrogens is 328 g/mol. The van der Waals surface area contributed by atoms with Crippen molar-refractivity contribution in [2.45, 2.75) is 20.4 Å². The highest BCUT2D eigenvalue weighted by molar-refractivity contribution is 6.05. The van der Waals surface area contributed by atoms with Crippen LogP contribution in [-0.4, -0.2) is 20.7 Å². The van der Waals surface area contributed by atoms with Crippen LogP contribution in [0.3, 0.4) is 0 Å². The second-order valence-electron chi connectivity index (χ2n) is 6.03. The number of hydrogen-bond donors (Lipinski definition) is 1. The van der Waals surface area contributed by atoms with E-state index in [1.165, 1.54) is 0 Å². The van der Waals surface area contributed by atoms with Gasteiger partial charge in [-0.2, -0.15) is 0 Å². The average Bonchev–Trinajstić information content (AvgIpc) is 3.27. The van der Waals surface area contributed by atoms with Crippen molar-refractivity contribution in [1.29, 1.82) is 0 Å². The fourth-order valence-electron chi connectivity index (χ4n) is 2.92. The number of nitrogens with one attached hydrogen (secondary N) is 1. The number of nitrogens with zero attached hydrogens (tertiary/aromatic N) is 3. The van der Waals surface area contributed by atoms with Gasteiger partial charge in [-0.05, 0) is 54.8 Å². The van der Waals surface area contributed by atoms with Gasteiger partial charge in [-0.3, -0.25) is 4.79 Å². The first kappa shape index (κ1) is 16.1. The number of aryl methyl sites for hydroxylation is 2. The molecule has 4 rings (SSSR count). The Bertz CT molecular complexity index is 1080. The number of carbonyl (C=O) groups is 1. The van der Waals surface area contributed by atoms with Crippen LogP contribution in [-0.2, 0) is 6.54 Å². The molecule has 0 atom stereocenters. The van der Waals surface area contributed by atoms with Crippen molar-refractivity contribution < 1.29 is 9.21 Å². The molecule has 0 aliphatic carbocycles. The van der Waals surface area contributed by atoms with E-state index in [0.717, 1.165) is 28.7 Å². The maximum Gasteiger partial charge on any atom is 0.255 e. The summed E-state index contributed by atoms with van der Waals surface area (Å²) in [5.41, 5.74) is 3.22. The molecule has 0 saturated carbocycles. The number of carbonyl (C=O) groups excluding carboxylic acids is 1. The molecule has 1 N–H and O–H groups in total. The number of anilines is 1. The Morgan fingerprint density at radius 3 is 2.62 bits per heavy atom. The van der Waals surface area contributed by atoms with Gasteiger partial charge in [-0.1, -0.05) is 6.07 Å². The summed E-state index contributed by atoms with van der Waals surface area (Å²) in [4.78, 5) is 12.5. The first-order valence-corrected chi connectivity index (χ1v) is 8.45. The molecule has 0 aliphatic heterocycles. The van der Waals surface area contributed by atoms with E-state index in [-0.39, 0.29) is 5.91 Å². The van der Waals surface area contributed by atoms with Crippen LogP contribution in [0.15, 0.2) is 59.1 Å². The zero-order chi connectivity index (χ0) is 18.1.